The molecule has 3 nitrogen and oxygen atoms in total. The lowest BCUT2D eigenvalue weighted by molar-refractivity contribution is 0.242. The van der Waals surface area contributed by atoms with Crippen LogP contribution < -0.4 is 15.4 Å². The molecule has 1 saturated heterocycles. The Balaban J connectivity index is 2.16. The van der Waals surface area contributed by atoms with Crippen molar-refractivity contribution in [1.82, 2.24) is 0 Å². The van der Waals surface area contributed by atoms with Crippen LogP contribution in [0, 0.1) is 0 Å². The molecule has 1 fully saturated rings. The number of anilines is 1. The van der Waals surface area contributed by atoms with E-state index in [-0.39, 0.29) is 17.7 Å². The van der Waals surface area contributed by atoms with E-state index >= 15 is 0 Å². The van der Waals surface area contributed by atoms with Gasteiger partial charge in [-0.2, -0.15) is 0 Å². The number of hydrogen-bond donors (Lipinski definition) is 1. The highest BCUT2D eigenvalue weighted by Crippen LogP contribution is 2.33. The largest absolute Gasteiger partial charge is 0.491 e. The van der Waals surface area contributed by atoms with Crippen molar-refractivity contribution in [3.8, 4) is 5.75 Å². The van der Waals surface area contributed by atoms with Crippen LogP contribution in [0.3, 0.4) is 0 Å². The van der Waals surface area contributed by atoms with Gasteiger partial charge in [-0.25, -0.2) is 0 Å². The van der Waals surface area contributed by atoms with E-state index in [9.17, 15) is 0 Å². The van der Waals surface area contributed by atoms with E-state index in [2.05, 4.69) is 30.9 Å². The molecule has 0 bridgehead atoms. The van der Waals surface area contributed by atoms with Gasteiger partial charge in [0.25, 0.3) is 0 Å². The smallest absolute Gasteiger partial charge is 0.119 e. The summed E-state index contributed by atoms with van der Waals surface area (Å²) in [7, 11) is 0. The summed E-state index contributed by atoms with van der Waals surface area (Å²) >= 11 is 0. The van der Waals surface area contributed by atoms with Crippen molar-refractivity contribution in [3.05, 3.63) is 24.3 Å². The molecule has 2 rings (SSSR count). The minimum Gasteiger partial charge on any atom is -0.491 e. The van der Waals surface area contributed by atoms with E-state index in [1.165, 1.54) is 5.69 Å². The van der Waals surface area contributed by atoms with E-state index in [0.29, 0.717) is 0 Å². The SMILES string of the molecule is CC(C)Oc1ccc(N2CC(N)CCC2(C)C)cc1. The van der Waals surface area contributed by atoms with Crippen LogP contribution in [0.2, 0.25) is 0 Å². The summed E-state index contributed by atoms with van der Waals surface area (Å²) in [4.78, 5) is 2.42. The molecule has 3 heteroatoms. The summed E-state index contributed by atoms with van der Waals surface area (Å²) in [5, 5.41) is 0. The average Bonchev–Trinajstić information content (AvgIpc) is 2.33. The summed E-state index contributed by atoms with van der Waals surface area (Å²) in [6.07, 6.45) is 2.46. The number of ether oxygens (including phenoxy) is 1. The molecule has 0 saturated carbocycles. The zero-order valence-corrected chi connectivity index (χ0v) is 12.5. The Bertz CT molecular complexity index is 411. The fraction of sp³-hybridized carbons (Fsp3) is 0.625. The predicted octanol–water partition coefficient (Wildman–Crippen LogP) is 3.18. The summed E-state index contributed by atoms with van der Waals surface area (Å²) in [6.45, 7) is 9.59. The van der Waals surface area contributed by atoms with Gasteiger partial charge in [0.2, 0.25) is 0 Å². The molecule has 106 valence electrons. The lowest BCUT2D eigenvalue weighted by Crippen LogP contribution is -2.54. The molecule has 19 heavy (non-hydrogen) atoms. The monoisotopic (exact) mass is 262 g/mol. The first-order chi connectivity index (χ1) is 8.88. The quantitative estimate of drug-likeness (QED) is 0.909. The van der Waals surface area contributed by atoms with E-state index < -0.39 is 0 Å². The first kappa shape index (κ1) is 14.2. The van der Waals surface area contributed by atoms with Gasteiger partial charge >= 0.3 is 0 Å². The molecule has 1 atom stereocenters. The number of rotatable bonds is 3. The zero-order valence-electron chi connectivity index (χ0n) is 12.5. The van der Waals surface area contributed by atoms with Gasteiger partial charge in [0.05, 0.1) is 6.10 Å². The topological polar surface area (TPSA) is 38.5 Å². The molecule has 1 aromatic carbocycles. The second kappa shape index (κ2) is 5.41. The Labute approximate surface area is 116 Å². The normalized spacial score (nSPS) is 22.6. The number of piperidine rings is 1. The molecular weight excluding hydrogens is 236 g/mol. The van der Waals surface area contributed by atoms with Crippen molar-refractivity contribution in [2.45, 2.75) is 58.2 Å². The molecule has 0 aromatic heterocycles. The van der Waals surface area contributed by atoms with Crippen molar-refractivity contribution in [1.29, 1.82) is 0 Å². The Morgan fingerprint density at radius 1 is 1.26 bits per heavy atom. The Morgan fingerprint density at radius 2 is 1.89 bits per heavy atom. The lowest BCUT2D eigenvalue weighted by Gasteiger charge is -2.46. The first-order valence-corrected chi connectivity index (χ1v) is 7.18. The highest BCUT2D eigenvalue weighted by atomic mass is 16.5. The molecule has 1 aromatic rings. The minimum atomic E-state index is 0.177. The fourth-order valence-electron chi connectivity index (χ4n) is 2.68. The number of nitrogens with two attached hydrogens (primary N) is 1. The molecule has 1 aliphatic rings. The van der Waals surface area contributed by atoms with Gasteiger partial charge in [-0.15, -0.1) is 0 Å². The van der Waals surface area contributed by atoms with Gasteiger partial charge in [0.1, 0.15) is 5.75 Å². The van der Waals surface area contributed by atoms with Crippen LogP contribution in [0.1, 0.15) is 40.5 Å². The number of benzene rings is 1. The van der Waals surface area contributed by atoms with Crippen LogP contribution in [0.15, 0.2) is 24.3 Å². The molecule has 0 spiro atoms. The second-order valence-electron chi connectivity index (χ2n) is 6.38. The van der Waals surface area contributed by atoms with Gasteiger partial charge < -0.3 is 15.4 Å². The predicted molar refractivity (Wildman–Crippen MR) is 80.8 cm³/mol. The van der Waals surface area contributed by atoms with Crippen LogP contribution in [-0.2, 0) is 0 Å². The van der Waals surface area contributed by atoms with E-state index in [4.69, 9.17) is 10.5 Å². The fourth-order valence-corrected chi connectivity index (χ4v) is 2.68. The van der Waals surface area contributed by atoms with Crippen LogP contribution in [0.5, 0.6) is 5.75 Å². The van der Waals surface area contributed by atoms with Crippen LogP contribution in [-0.4, -0.2) is 24.2 Å². The highest BCUT2D eigenvalue weighted by molar-refractivity contribution is 5.52. The zero-order chi connectivity index (χ0) is 14.0. The third kappa shape index (κ3) is 3.41. The summed E-state index contributed by atoms with van der Waals surface area (Å²) in [6, 6.07) is 8.64. The van der Waals surface area contributed by atoms with Gasteiger partial charge in [0, 0.05) is 23.8 Å². The maximum Gasteiger partial charge on any atom is 0.119 e. The average molecular weight is 262 g/mol. The lowest BCUT2D eigenvalue weighted by atomic mass is 9.88. The number of nitrogens with zero attached hydrogens (tertiary/aromatic N) is 1. The van der Waals surface area contributed by atoms with E-state index in [0.717, 1.165) is 25.1 Å². The minimum absolute atomic E-state index is 0.177. The number of hydrogen-bond acceptors (Lipinski definition) is 3. The third-order valence-corrected chi connectivity index (χ3v) is 3.79. The van der Waals surface area contributed by atoms with Crippen LogP contribution in [0.4, 0.5) is 5.69 Å². The van der Waals surface area contributed by atoms with E-state index in [1.807, 2.05) is 26.0 Å². The second-order valence-corrected chi connectivity index (χ2v) is 6.38. The maximum atomic E-state index is 6.11. The van der Waals surface area contributed by atoms with Crippen molar-refractivity contribution in [2.24, 2.45) is 5.73 Å². The molecule has 0 aliphatic carbocycles. The highest BCUT2D eigenvalue weighted by Gasteiger charge is 2.32. The molecule has 1 aliphatic heterocycles. The van der Waals surface area contributed by atoms with Crippen molar-refractivity contribution < 1.29 is 4.74 Å². The molecular formula is C16H26N2O. The van der Waals surface area contributed by atoms with Crippen molar-refractivity contribution in [3.63, 3.8) is 0 Å². The Morgan fingerprint density at radius 3 is 2.47 bits per heavy atom. The summed E-state index contributed by atoms with van der Waals surface area (Å²) in [5.74, 6) is 0.929. The van der Waals surface area contributed by atoms with Gasteiger partial charge in [-0.05, 0) is 64.8 Å². The summed E-state index contributed by atoms with van der Waals surface area (Å²) < 4.78 is 5.69. The molecule has 1 heterocycles. The van der Waals surface area contributed by atoms with Crippen molar-refractivity contribution >= 4 is 5.69 Å². The van der Waals surface area contributed by atoms with Gasteiger partial charge in [-0.1, -0.05) is 0 Å². The Hall–Kier alpha value is -1.22. The van der Waals surface area contributed by atoms with Crippen LogP contribution in [0.25, 0.3) is 0 Å². The first-order valence-electron chi connectivity index (χ1n) is 7.18. The molecule has 2 N–H and O–H groups in total. The van der Waals surface area contributed by atoms with Gasteiger partial charge in [-0.3, -0.25) is 0 Å². The molecule has 1 unspecified atom stereocenters. The van der Waals surface area contributed by atoms with E-state index in [1.54, 1.807) is 0 Å². The molecule has 0 radical (unpaired) electrons. The van der Waals surface area contributed by atoms with Crippen LogP contribution >= 0.6 is 0 Å². The third-order valence-electron chi connectivity index (χ3n) is 3.79. The summed E-state index contributed by atoms with van der Waals surface area (Å²) in [5.41, 5.74) is 7.52. The standard InChI is InChI=1S/C16H26N2O/c1-12(2)19-15-7-5-14(6-8-15)18-11-13(17)9-10-16(18,3)4/h5-8,12-13H,9-11,17H2,1-4H3. The van der Waals surface area contributed by atoms with Crippen molar-refractivity contribution in [2.75, 3.05) is 11.4 Å². The molecule has 0 amide bonds. The maximum absolute atomic E-state index is 6.11. The van der Waals surface area contributed by atoms with Gasteiger partial charge in [0.15, 0.2) is 0 Å². The Kier molecular flexibility index (Phi) is 4.04.